The number of nitrogens with one attached hydrogen (secondary N) is 1. The van der Waals surface area contributed by atoms with Gasteiger partial charge in [-0.1, -0.05) is 29.0 Å². The van der Waals surface area contributed by atoms with Gasteiger partial charge >= 0.3 is 0 Å². The van der Waals surface area contributed by atoms with E-state index < -0.39 is 0 Å². The van der Waals surface area contributed by atoms with Crippen LogP contribution in [0.4, 0.5) is 0 Å². The predicted octanol–water partition coefficient (Wildman–Crippen LogP) is 4.78. The Balaban J connectivity index is 1.93. The van der Waals surface area contributed by atoms with Gasteiger partial charge in [-0.2, -0.15) is 0 Å². The second kappa shape index (κ2) is 7.35. The van der Waals surface area contributed by atoms with Crippen molar-refractivity contribution >= 4 is 45.5 Å². The van der Waals surface area contributed by atoms with Crippen LogP contribution < -0.4 is 5.32 Å². The lowest BCUT2D eigenvalue weighted by molar-refractivity contribution is 0.422. The molecule has 0 radical (unpaired) electrons. The molecule has 0 aliphatic carbocycles. The second-order valence-electron chi connectivity index (χ2n) is 5.91. The van der Waals surface area contributed by atoms with Crippen LogP contribution in [0, 0.1) is 3.57 Å². The highest BCUT2D eigenvalue weighted by Crippen LogP contribution is 2.28. The van der Waals surface area contributed by atoms with Crippen LogP contribution in [0.2, 0.25) is 5.02 Å². The van der Waals surface area contributed by atoms with E-state index in [0.717, 1.165) is 43.6 Å². The van der Waals surface area contributed by atoms with Crippen LogP contribution in [-0.2, 0) is 6.42 Å². The van der Waals surface area contributed by atoms with Crippen LogP contribution in [0.25, 0.3) is 10.6 Å². The first-order valence-electron chi connectivity index (χ1n) is 6.88. The molecule has 21 heavy (non-hydrogen) atoms. The topological polar surface area (TPSA) is 37.8 Å². The van der Waals surface area contributed by atoms with E-state index in [9.17, 15) is 0 Å². The minimum atomic E-state index is 0.171. The molecule has 0 saturated heterocycles. The van der Waals surface area contributed by atoms with E-state index in [1.54, 1.807) is 11.3 Å². The molecular formula is C15H19ClIN3S. The number of hydrogen-bond acceptors (Lipinski definition) is 4. The molecular weight excluding hydrogens is 417 g/mol. The van der Waals surface area contributed by atoms with Crippen molar-refractivity contribution < 1.29 is 0 Å². The van der Waals surface area contributed by atoms with Gasteiger partial charge in [0.05, 0.1) is 5.02 Å². The zero-order chi connectivity index (χ0) is 15.5. The average Bonchev–Trinajstić information content (AvgIpc) is 2.86. The summed E-state index contributed by atoms with van der Waals surface area (Å²) >= 11 is 10.0. The van der Waals surface area contributed by atoms with E-state index in [4.69, 9.17) is 11.6 Å². The number of aryl methyl sites for hydroxylation is 1. The number of rotatable bonds is 5. The Bertz CT molecular complexity index is 607. The maximum Gasteiger partial charge on any atom is 0.147 e. The molecule has 0 aliphatic rings. The molecule has 1 heterocycles. The first kappa shape index (κ1) is 17.1. The molecule has 114 valence electrons. The maximum absolute atomic E-state index is 6.16. The second-order valence-corrected chi connectivity index (χ2v) is 8.54. The van der Waals surface area contributed by atoms with Crippen LogP contribution in [0.3, 0.4) is 0 Å². The Labute approximate surface area is 148 Å². The Morgan fingerprint density at radius 2 is 2.05 bits per heavy atom. The molecule has 2 rings (SSSR count). The summed E-state index contributed by atoms with van der Waals surface area (Å²) in [7, 11) is 0. The largest absolute Gasteiger partial charge is 0.312 e. The SMILES string of the molecule is CC(C)(C)NCCCc1nnc(-c2ccc(I)c(Cl)c2)s1. The van der Waals surface area contributed by atoms with Crippen LogP contribution in [0.1, 0.15) is 32.2 Å². The summed E-state index contributed by atoms with van der Waals surface area (Å²) in [6.07, 6.45) is 2.03. The molecule has 3 nitrogen and oxygen atoms in total. The monoisotopic (exact) mass is 435 g/mol. The first-order chi connectivity index (χ1) is 9.85. The molecule has 1 aromatic heterocycles. The summed E-state index contributed by atoms with van der Waals surface area (Å²) in [5, 5.41) is 14.8. The first-order valence-corrected chi connectivity index (χ1v) is 9.15. The van der Waals surface area contributed by atoms with E-state index in [-0.39, 0.29) is 5.54 Å². The van der Waals surface area contributed by atoms with Gasteiger partial charge in [0.25, 0.3) is 0 Å². The van der Waals surface area contributed by atoms with E-state index in [2.05, 4.69) is 58.9 Å². The van der Waals surface area contributed by atoms with Gasteiger partial charge in [-0.05, 0) is 68.5 Å². The fourth-order valence-corrected chi connectivity index (χ4v) is 3.20. The summed E-state index contributed by atoms with van der Waals surface area (Å²) < 4.78 is 1.05. The Morgan fingerprint density at radius 1 is 1.29 bits per heavy atom. The van der Waals surface area contributed by atoms with Crippen molar-refractivity contribution in [3.8, 4) is 10.6 Å². The number of aromatic nitrogens is 2. The molecule has 2 aromatic rings. The molecule has 0 bridgehead atoms. The molecule has 6 heteroatoms. The maximum atomic E-state index is 6.16. The Hall–Kier alpha value is -0.240. The molecule has 0 spiro atoms. The lowest BCUT2D eigenvalue weighted by Crippen LogP contribution is -2.36. The molecule has 1 aromatic carbocycles. The van der Waals surface area contributed by atoms with Crippen LogP contribution in [-0.4, -0.2) is 22.3 Å². The fraction of sp³-hybridized carbons (Fsp3) is 0.467. The highest BCUT2D eigenvalue weighted by atomic mass is 127. The number of benzene rings is 1. The summed E-state index contributed by atoms with van der Waals surface area (Å²) in [5.41, 5.74) is 1.21. The van der Waals surface area contributed by atoms with Crippen LogP contribution in [0.15, 0.2) is 18.2 Å². The lowest BCUT2D eigenvalue weighted by atomic mass is 10.1. The Morgan fingerprint density at radius 3 is 2.71 bits per heavy atom. The van der Waals surface area contributed by atoms with Gasteiger partial charge in [0.1, 0.15) is 10.0 Å². The molecule has 0 fully saturated rings. The van der Waals surface area contributed by atoms with Crippen molar-refractivity contribution in [3.63, 3.8) is 0 Å². The van der Waals surface area contributed by atoms with Gasteiger partial charge in [0.2, 0.25) is 0 Å². The van der Waals surface area contributed by atoms with Crippen LogP contribution in [0.5, 0.6) is 0 Å². The average molecular weight is 436 g/mol. The van der Waals surface area contributed by atoms with Crippen molar-refractivity contribution in [1.82, 2.24) is 15.5 Å². The summed E-state index contributed by atoms with van der Waals surface area (Å²) in [6, 6.07) is 6.00. The smallest absolute Gasteiger partial charge is 0.147 e. The molecule has 0 amide bonds. The van der Waals surface area contributed by atoms with Gasteiger partial charge in [-0.15, -0.1) is 10.2 Å². The minimum Gasteiger partial charge on any atom is -0.312 e. The van der Waals surface area contributed by atoms with Crippen LogP contribution >= 0.6 is 45.5 Å². The number of halogens is 2. The van der Waals surface area contributed by atoms with E-state index in [0.29, 0.717) is 0 Å². The normalized spacial score (nSPS) is 11.9. The summed E-state index contributed by atoms with van der Waals surface area (Å²) in [5.74, 6) is 0. The number of hydrogen-bond donors (Lipinski definition) is 1. The predicted molar refractivity (Wildman–Crippen MR) is 99.1 cm³/mol. The molecule has 0 unspecified atom stereocenters. The van der Waals surface area contributed by atoms with Crippen molar-refractivity contribution in [2.45, 2.75) is 39.2 Å². The molecule has 0 aliphatic heterocycles. The van der Waals surface area contributed by atoms with Gasteiger partial charge in [0.15, 0.2) is 0 Å². The quantitative estimate of drug-likeness (QED) is 0.542. The third kappa shape index (κ3) is 5.47. The Kier molecular flexibility index (Phi) is 5.99. The molecule has 0 atom stereocenters. The van der Waals surface area contributed by atoms with Crippen molar-refractivity contribution in [2.75, 3.05) is 6.54 Å². The van der Waals surface area contributed by atoms with Crippen molar-refractivity contribution in [2.24, 2.45) is 0 Å². The third-order valence-electron chi connectivity index (χ3n) is 2.86. The van der Waals surface area contributed by atoms with E-state index >= 15 is 0 Å². The third-order valence-corrected chi connectivity index (χ3v) is 5.46. The minimum absolute atomic E-state index is 0.171. The van der Waals surface area contributed by atoms with Gasteiger partial charge in [-0.3, -0.25) is 0 Å². The van der Waals surface area contributed by atoms with E-state index in [1.807, 2.05) is 18.2 Å². The van der Waals surface area contributed by atoms with Gasteiger partial charge < -0.3 is 5.32 Å². The standard InChI is InChI=1S/C15H19ClIN3S/c1-15(2,3)18-8-4-5-13-19-20-14(21-13)10-6-7-12(17)11(16)9-10/h6-7,9,18H,4-5,8H2,1-3H3. The van der Waals surface area contributed by atoms with Gasteiger partial charge in [-0.25, -0.2) is 0 Å². The highest BCUT2D eigenvalue weighted by molar-refractivity contribution is 14.1. The highest BCUT2D eigenvalue weighted by Gasteiger charge is 2.10. The zero-order valence-corrected chi connectivity index (χ0v) is 16.1. The van der Waals surface area contributed by atoms with Gasteiger partial charge in [0, 0.05) is 21.1 Å². The summed E-state index contributed by atoms with van der Waals surface area (Å²) in [4.78, 5) is 0. The van der Waals surface area contributed by atoms with E-state index in [1.165, 1.54) is 0 Å². The lowest BCUT2D eigenvalue weighted by Gasteiger charge is -2.20. The fourth-order valence-electron chi connectivity index (χ4n) is 1.80. The van der Waals surface area contributed by atoms with Crippen molar-refractivity contribution in [1.29, 1.82) is 0 Å². The zero-order valence-electron chi connectivity index (χ0n) is 12.4. The molecule has 0 saturated carbocycles. The van der Waals surface area contributed by atoms with Crippen molar-refractivity contribution in [3.05, 3.63) is 31.8 Å². The number of nitrogens with zero attached hydrogens (tertiary/aromatic N) is 2. The summed E-state index contributed by atoms with van der Waals surface area (Å²) in [6.45, 7) is 7.53. The molecule has 1 N–H and O–H groups in total.